The molecule has 0 atom stereocenters. The number of ketones is 1. The van der Waals surface area contributed by atoms with Crippen LogP contribution >= 0.6 is 0 Å². The number of hydrogen-bond acceptors (Lipinski definition) is 1. The lowest BCUT2D eigenvalue weighted by atomic mass is 9.98. The summed E-state index contributed by atoms with van der Waals surface area (Å²) < 4.78 is 0. The van der Waals surface area contributed by atoms with Gasteiger partial charge in [-0.15, -0.1) is 0 Å². The van der Waals surface area contributed by atoms with Gasteiger partial charge in [0.1, 0.15) is 5.78 Å². The van der Waals surface area contributed by atoms with Crippen molar-refractivity contribution in [3.8, 4) is 0 Å². The topological polar surface area (TPSA) is 17.1 Å². The smallest absolute Gasteiger partial charge is 0.132 e. The van der Waals surface area contributed by atoms with Crippen molar-refractivity contribution in [1.82, 2.24) is 0 Å². The van der Waals surface area contributed by atoms with Crippen molar-refractivity contribution in [1.29, 1.82) is 0 Å². The highest BCUT2D eigenvalue weighted by molar-refractivity contribution is 5.78. The zero-order valence-electron chi connectivity index (χ0n) is 9.13. The van der Waals surface area contributed by atoms with E-state index in [1.54, 1.807) is 0 Å². The standard InChI is InChI=1S/C13H22O/c14-13(10-8-12-5-6-12)9-7-11-3-1-2-4-11/h11-12H,1-10H2. The predicted octanol–water partition coefficient (Wildman–Crippen LogP) is 3.72. The molecular formula is C13H22O. The van der Waals surface area contributed by atoms with Crippen molar-refractivity contribution in [2.24, 2.45) is 11.8 Å². The first-order valence-electron chi connectivity index (χ1n) is 6.36. The first-order valence-corrected chi connectivity index (χ1v) is 6.36. The van der Waals surface area contributed by atoms with Gasteiger partial charge in [0.15, 0.2) is 0 Å². The lowest BCUT2D eigenvalue weighted by Crippen LogP contribution is -2.02. The second-order valence-corrected chi connectivity index (χ2v) is 5.21. The van der Waals surface area contributed by atoms with Gasteiger partial charge in [0.2, 0.25) is 0 Å². The van der Waals surface area contributed by atoms with Crippen molar-refractivity contribution in [3.05, 3.63) is 0 Å². The summed E-state index contributed by atoms with van der Waals surface area (Å²) >= 11 is 0. The minimum atomic E-state index is 0.531. The molecular weight excluding hydrogens is 172 g/mol. The Morgan fingerprint density at radius 1 is 0.857 bits per heavy atom. The normalized spacial score (nSPS) is 22.9. The van der Waals surface area contributed by atoms with Gasteiger partial charge >= 0.3 is 0 Å². The summed E-state index contributed by atoms with van der Waals surface area (Å²) in [7, 11) is 0. The first kappa shape index (κ1) is 10.2. The SMILES string of the molecule is O=C(CCC1CCCC1)CCC1CC1. The molecule has 1 nitrogen and oxygen atoms in total. The molecule has 0 spiro atoms. The predicted molar refractivity (Wildman–Crippen MR) is 58.2 cm³/mol. The molecule has 0 N–H and O–H groups in total. The lowest BCUT2D eigenvalue weighted by Gasteiger charge is -2.07. The van der Waals surface area contributed by atoms with E-state index in [1.165, 1.54) is 51.4 Å². The Labute approximate surface area is 87.3 Å². The van der Waals surface area contributed by atoms with Crippen LogP contribution in [0.5, 0.6) is 0 Å². The van der Waals surface area contributed by atoms with Crippen molar-refractivity contribution in [2.75, 3.05) is 0 Å². The molecule has 2 aliphatic rings. The molecule has 0 heterocycles. The Morgan fingerprint density at radius 3 is 1.86 bits per heavy atom. The van der Waals surface area contributed by atoms with Gasteiger partial charge < -0.3 is 0 Å². The van der Waals surface area contributed by atoms with Crippen LogP contribution in [0.2, 0.25) is 0 Å². The third-order valence-corrected chi connectivity index (χ3v) is 3.83. The fourth-order valence-electron chi connectivity index (χ4n) is 2.56. The quantitative estimate of drug-likeness (QED) is 0.630. The number of carbonyl (C=O) groups is 1. The molecule has 80 valence electrons. The molecule has 0 bridgehead atoms. The highest BCUT2D eigenvalue weighted by atomic mass is 16.1. The van der Waals surface area contributed by atoms with Crippen LogP contribution in [0.15, 0.2) is 0 Å². The molecule has 2 fully saturated rings. The average Bonchev–Trinajstić information content (AvgIpc) is 2.87. The molecule has 0 saturated heterocycles. The van der Waals surface area contributed by atoms with Crippen LogP contribution < -0.4 is 0 Å². The van der Waals surface area contributed by atoms with Gasteiger partial charge in [0.05, 0.1) is 0 Å². The molecule has 0 aromatic carbocycles. The van der Waals surface area contributed by atoms with Crippen molar-refractivity contribution in [2.45, 2.75) is 64.2 Å². The monoisotopic (exact) mass is 194 g/mol. The number of Topliss-reactive ketones (excluding diaryl/α,β-unsaturated/α-hetero) is 1. The highest BCUT2D eigenvalue weighted by Crippen LogP contribution is 2.34. The molecule has 0 aromatic heterocycles. The van der Waals surface area contributed by atoms with Gasteiger partial charge in [-0.3, -0.25) is 4.79 Å². The van der Waals surface area contributed by atoms with Crippen LogP contribution in [-0.4, -0.2) is 5.78 Å². The maximum absolute atomic E-state index is 11.5. The molecule has 2 rings (SSSR count). The second-order valence-electron chi connectivity index (χ2n) is 5.21. The number of hydrogen-bond donors (Lipinski definition) is 0. The van der Waals surface area contributed by atoms with Crippen LogP contribution in [0, 0.1) is 11.8 Å². The Kier molecular flexibility index (Phi) is 3.61. The average molecular weight is 194 g/mol. The van der Waals surface area contributed by atoms with Crippen LogP contribution in [0.3, 0.4) is 0 Å². The minimum absolute atomic E-state index is 0.531. The molecule has 0 aliphatic heterocycles. The minimum Gasteiger partial charge on any atom is -0.300 e. The molecule has 0 aromatic rings. The van der Waals surface area contributed by atoms with Crippen molar-refractivity contribution >= 4 is 5.78 Å². The van der Waals surface area contributed by atoms with Gasteiger partial charge in [-0.2, -0.15) is 0 Å². The van der Waals surface area contributed by atoms with E-state index in [0.717, 1.165) is 24.7 Å². The van der Waals surface area contributed by atoms with Crippen molar-refractivity contribution in [3.63, 3.8) is 0 Å². The highest BCUT2D eigenvalue weighted by Gasteiger charge is 2.22. The molecule has 0 amide bonds. The van der Waals surface area contributed by atoms with Crippen LogP contribution in [0.1, 0.15) is 64.2 Å². The third kappa shape index (κ3) is 3.43. The third-order valence-electron chi connectivity index (χ3n) is 3.83. The van der Waals surface area contributed by atoms with E-state index >= 15 is 0 Å². The van der Waals surface area contributed by atoms with E-state index in [-0.39, 0.29) is 0 Å². The summed E-state index contributed by atoms with van der Waals surface area (Å²) in [5.74, 6) is 2.34. The van der Waals surface area contributed by atoms with Gasteiger partial charge in [-0.25, -0.2) is 0 Å². The van der Waals surface area contributed by atoms with Gasteiger partial charge in [0.25, 0.3) is 0 Å². The molecule has 2 saturated carbocycles. The van der Waals surface area contributed by atoms with Gasteiger partial charge in [0, 0.05) is 12.8 Å². The molecule has 1 heteroatoms. The van der Waals surface area contributed by atoms with Crippen LogP contribution in [0.25, 0.3) is 0 Å². The summed E-state index contributed by atoms with van der Waals surface area (Å²) in [6.45, 7) is 0. The number of carbonyl (C=O) groups excluding carboxylic acids is 1. The summed E-state index contributed by atoms with van der Waals surface area (Å²) in [6.07, 6.45) is 12.5. The largest absolute Gasteiger partial charge is 0.300 e. The Bertz CT molecular complexity index is 187. The van der Waals surface area contributed by atoms with E-state index in [1.807, 2.05) is 0 Å². The molecule has 2 aliphatic carbocycles. The maximum Gasteiger partial charge on any atom is 0.132 e. The van der Waals surface area contributed by atoms with Crippen LogP contribution in [-0.2, 0) is 4.79 Å². The van der Waals surface area contributed by atoms with Gasteiger partial charge in [-0.1, -0.05) is 38.5 Å². The summed E-state index contributed by atoms with van der Waals surface area (Å²) in [5, 5.41) is 0. The summed E-state index contributed by atoms with van der Waals surface area (Å²) in [6, 6.07) is 0. The van der Waals surface area contributed by atoms with E-state index in [2.05, 4.69) is 0 Å². The summed E-state index contributed by atoms with van der Waals surface area (Å²) in [5.41, 5.74) is 0. The van der Waals surface area contributed by atoms with Crippen LogP contribution in [0.4, 0.5) is 0 Å². The first-order chi connectivity index (χ1) is 6.84. The second kappa shape index (κ2) is 4.95. The fourth-order valence-corrected chi connectivity index (χ4v) is 2.56. The zero-order chi connectivity index (χ0) is 9.80. The van der Waals surface area contributed by atoms with E-state index in [0.29, 0.717) is 5.78 Å². The van der Waals surface area contributed by atoms with Gasteiger partial charge in [-0.05, 0) is 24.7 Å². The number of rotatable bonds is 6. The Balaban J connectivity index is 1.52. The van der Waals surface area contributed by atoms with E-state index in [4.69, 9.17) is 0 Å². The lowest BCUT2D eigenvalue weighted by molar-refractivity contribution is -0.119. The van der Waals surface area contributed by atoms with E-state index in [9.17, 15) is 4.79 Å². The fraction of sp³-hybridized carbons (Fsp3) is 0.923. The Morgan fingerprint density at radius 2 is 1.36 bits per heavy atom. The zero-order valence-corrected chi connectivity index (χ0v) is 9.13. The Hall–Kier alpha value is -0.330. The van der Waals surface area contributed by atoms with Crippen molar-refractivity contribution < 1.29 is 4.79 Å². The van der Waals surface area contributed by atoms with E-state index < -0.39 is 0 Å². The molecule has 14 heavy (non-hydrogen) atoms. The maximum atomic E-state index is 11.5. The summed E-state index contributed by atoms with van der Waals surface area (Å²) in [4.78, 5) is 11.5. The molecule has 0 unspecified atom stereocenters. The molecule has 0 radical (unpaired) electrons.